The Morgan fingerprint density at radius 2 is 2.00 bits per heavy atom. The van der Waals surface area contributed by atoms with Crippen molar-refractivity contribution in [2.24, 2.45) is 0 Å². The molecule has 1 fully saturated rings. The van der Waals surface area contributed by atoms with Gasteiger partial charge in [0.2, 0.25) is 5.91 Å². The van der Waals surface area contributed by atoms with E-state index in [0.717, 1.165) is 18.4 Å². The Bertz CT molecular complexity index is 967. The minimum absolute atomic E-state index is 0.0167. The highest BCUT2D eigenvalue weighted by Crippen LogP contribution is 2.48. The van der Waals surface area contributed by atoms with Gasteiger partial charge in [-0.1, -0.05) is 12.1 Å². The Morgan fingerprint density at radius 3 is 2.68 bits per heavy atom. The molecule has 1 aromatic carbocycles. The number of carbonyl (C=O) groups is 1. The summed E-state index contributed by atoms with van der Waals surface area (Å²) in [6.45, 7) is 2.81. The van der Waals surface area contributed by atoms with Crippen molar-refractivity contribution in [1.82, 2.24) is 25.1 Å². The first-order chi connectivity index (χ1) is 13.6. The second-order valence-corrected chi connectivity index (χ2v) is 6.88. The van der Waals surface area contributed by atoms with Gasteiger partial charge in [-0.3, -0.25) is 4.79 Å². The average molecular weight is 380 g/mol. The Labute approximate surface area is 162 Å². The van der Waals surface area contributed by atoms with Gasteiger partial charge in [0, 0.05) is 31.5 Å². The SMILES string of the molecule is Cc1nc(NCCNC(=O)C2(c3ccc(F)cc3)CC2)cc(-n2cccn2)n1. The van der Waals surface area contributed by atoms with Crippen LogP contribution in [0.5, 0.6) is 0 Å². The van der Waals surface area contributed by atoms with Crippen molar-refractivity contribution < 1.29 is 9.18 Å². The van der Waals surface area contributed by atoms with Crippen LogP contribution in [0.15, 0.2) is 48.8 Å². The Balaban J connectivity index is 1.32. The predicted octanol–water partition coefficient (Wildman–Crippen LogP) is 2.37. The van der Waals surface area contributed by atoms with Gasteiger partial charge in [0.25, 0.3) is 0 Å². The van der Waals surface area contributed by atoms with E-state index in [9.17, 15) is 9.18 Å². The lowest BCUT2D eigenvalue weighted by molar-refractivity contribution is -0.123. The van der Waals surface area contributed by atoms with E-state index in [1.54, 1.807) is 23.0 Å². The highest BCUT2D eigenvalue weighted by Gasteiger charge is 2.50. The molecule has 0 bridgehead atoms. The molecule has 2 heterocycles. The van der Waals surface area contributed by atoms with Crippen LogP contribution in [0.25, 0.3) is 5.82 Å². The number of hydrogen-bond donors (Lipinski definition) is 2. The number of anilines is 1. The smallest absolute Gasteiger partial charge is 0.230 e. The van der Waals surface area contributed by atoms with Gasteiger partial charge < -0.3 is 10.6 Å². The zero-order valence-electron chi connectivity index (χ0n) is 15.5. The van der Waals surface area contributed by atoms with Crippen molar-refractivity contribution >= 4 is 11.7 Å². The van der Waals surface area contributed by atoms with Gasteiger partial charge in [-0.2, -0.15) is 5.10 Å². The van der Waals surface area contributed by atoms with E-state index in [-0.39, 0.29) is 11.7 Å². The first kappa shape index (κ1) is 18.1. The van der Waals surface area contributed by atoms with Crippen LogP contribution in [-0.4, -0.2) is 38.7 Å². The molecule has 0 aliphatic heterocycles. The summed E-state index contributed by atoms with van der Waals surface area (Å²) in [5, 5.41) is 10.3. The predicted molar refractivity (Wildman–Crippen MR) is 103 cm³/mol. The number of aryl methyl sites for hydroxylation is 1. The number of benzene rings is 1. The Morgan fingerprint density at radius 1 is 1.21 bits per heavy atom. The molecule has 0 spiro atoms. The molecular weight excluding hydrogens is 359 g/mol. The van der Waals surface area contributed by atoms with Gasteiger partial charge in [-0.25, -0.2) is 19.0 Å². The van der Waals surface area contributed by atoms with Crippen molar-refractivity contribution in [3.63, 3.8) is 0 Å². The molecule has 144 valence electrons. The molecule has 0 saturated heterocycles. The third kappa shape index (κ3) is 3.71. The average Bonchev–Trinajstić information content (AvgIpc) is 3.31. The molecule has 1 amide bonds. The van der Waals surface area contributed by atoms with Crippen LogP contribution in [-0.2, 0) is 10.2 Å². The summed E-state index contributed by atoms with van der Waals surface area (Å²) in [7, 11) is 0. The summed E-state index contributed by atoms with van der Waals surface area (Å²) in [6, 6.07) is 9.83. The molecule has 2 aromatic heterocycles. The molecule has 2 N–H and O–H groups in total. The van der Waals surface area contributed by atoms with Gasteiger partial charge in [-0.15, -0.1) is 0 Å². The molecule has 3 aromatic rings. The number of nitrogens with one attached hydrogen (secondary N) is 2. The molecule has 28 heavy (non-hydrogen) atoms. The summed E-state index contributed by atoms with van der Waals surface area (Å²) in [5.74, 6) is 1.67. The summed E-state index contributed by atoms with van der Waals surface area (Å²) in [5.41, 5.74) is 0.363. The van der Waals surface area contributed by atoms with Crippen molar-refractivity contribution in [2.75, 3.05) is 18.4 Å². The van der Waals surface area contributed by atoms with E-state index in [0.29, 0.717) is 30.5 Å². The minimum atomic E-state index is -0.507. The van der Waals surface area contributed by atoms with Crippen LogP contribution in [0.4, 0.5) is 10.2 Å². The molecule has 1 saturated carbocycles. The van der Waals surface area contributed by atoms with Gasteiger partial charge in [0.05, 0.1) is 5.41 Å². The fraction of sp³-hybridized carbons (Fsp3) is 0.300. The fourth-order valence-electron chi connectivity index (χ4n) is 3.24. The van der Waals surface area contributed by atoms with Gasteiger partial charge in [0.15, 0.2) is 5.82 Å². The maximum absolute atomic E-state index is 13.1. The van der Waals surface area contributed by atoms with E-state index in [1.165, 1.54) is 12.1 Å². The highest BCUT2D eigenvalue weighted by molar-refractivity contribution is 5.91. The molecule has 7 nitrogen and oxygen atoms in total. The Hall–Kier alpha value is -3.29. The zero-order valence-corrected chi connectivity index (χ0v) is 15.5. The summed E-state index contributed by atoms with van der Waals surface area (Å²) in [6.07, 6.45) is 5.08. The second-order valence-electron chi connectivity index (χ2n) is 6.88. The molecule has 0 radical (unpaired) electrons. The van der Waals surface area contributed by atoms with Crippen LogP contribution in [0, 0.1) is 12.7 Å². The number of amides is 1. The molecule has 4 rings (SSSR count). The summed E-state index contributed by atoms with van der Waals surface area (Å²) < 4.78 is 14.8. The maximum Gasteiger partial charge on any atom is 0.230 e. The van der Waals surface area contributed by atoms with Crippen LogP contribution in [0.2, 0.25) is 0 Å². The van der Waals surface area contributed by atoms with Crippen LogP contribution in [0.1, 0.15) is 24.2 Å². The van der Waals surface area contributed by atoms with Crippen molar-refractivity contribution in [2.45, 2.75) is 25.2 Å². The van der Waals surface area contributed by atoms with Crippen molar-refractivity contribution in [3.05, 3.63) is 66.0 Å². The van der Waals surface area contributed by atoms with Crippen LogP contribution in [0.3, 0.4) is 0 Å². The van der Waals surface area contributed by atoms with Gasteiger partial charge >= 0.3 is 0 Å². The number of nitrogens with zero attached hydrogens (tertiary/aromatic N) is 4. The van der Waals surface area contributed by atoms with Crippen LogP contribution >= 0.6 is 0 Å². The lowest BCUT2D eigenvalue weighted by Crippen LogP contribution is -2.37. The van der Waals surface area contributed by atoms with Crippen molar-refractivity contribution in [1.29, 1.82) is 0 Å². The molecular formula is C20H21FN6O. The standard InChI is InChI=1S/C20H21FN6O/c1-14-25-17(13-18(26-14)27-12-2-9-24-27)22-10-11-23-19(28)20(7-8-20)15-3-5-16(21)6-4-15/h2-6,9,12-13H,7-8,10-11H2,1H3,(H,23,28)(H,22,25,26). The number of halogens is 1. The van der Waals surface area contributed by atoms with Gasteiger partial charge in [0.1, 0.15) is 17.5 Å². The summed E-state index contributed by atoms with van der Waals surface area (Å²) >= 11 is 0. The fourth-order valence-corrected chi connectivity index (χ4v) is 3.24. The lowest BCUT2D eigenvalue weighted by Gasteiger charge is -2.16. The number of carbonyl (C=O) groups excluding carboxylic acids is 1. The lowest BCUT2D eigenvalue weighted by atomic mass is 9.95. The maximum atomic E-state index is 13.1. The monoisotopic (exact) mass is 380 g/mol. The second kappa shape index (κ2) is 7.38. The molecule has 1 aliphatic carbocycles. The summed E-state index contributed by atoms with van der Waals surface area (Å²) in [4.78, 5) is 21.3. The normalized spacial score (nSPS) is 14.5. The number of rotatable bonds is 7. The van der Waals surface area contributed by atoms with Crippen molar-refractivity contribution in [3.8, 4) is 5.82 Å². The molecule has 8 heteroatoms. The zero-order chi connectivity index (χ0) is 19.6. The van der Waals surface area contributed by atoms with Gasteiger partial charge in [-0.05, 0) is 43.5 Å². The number of hydrogen-bond acceptors (Lipinski definition) is 5. The van der Waals surface area contributed by atoms with E-state index in [1.807, 2.05) is 25.3 Å². The van der Waals surface area contributed by atoms with Crippen LogP contribution < -0.4 is 10.6 Å². The molecule has 0 atom stereocenters. The first-order valence-corrected chi connectivity index (χ1v) is 9.21. The third-order valence-electron chi connectivity index (χ3n) is 4.86. The first-order valence-electron chi connectivity index (χ1n) is 9.21. The number of aromatic nitrogens is 4. The molecule has 1 aliphatic rings. The molecule has 0 unspecified atom stereocenters. The van der Waals surface area contributed by atoms with E-state index in [2.05, 4.69) is 25.7 Å². The minimum Gasteiger partial charge on any atom is -0.368 e. The third-order valence-corrected chi connectivity index (χ3v) is 4.86. The largest absolute Gasteiger partial charge is 0.368 e. The quantitative estimate of drug-likeness (QED) is 0.615. The Kier molecular flexibility index (Phi) is 4.77. The van der Waals surface area contributed by atoms with E-state index >= 15 is 0 Å². The topological polar surface area (TPSA) is 84.7 Å². The van der Waals surface area contributed by atoms with E-state index < -0.39 is 5.41 Å². The van der Waals surface area contributed by atoms with E-state index in [4.69, 9.17) is 0 Å². The highest BCUT2D eigenvalue weighted by atomic mass is 19.1.